The standard InChI is InChI=1S/C17H33NO/c1-4-14-8-10-16(11-14,12-18)17(19)9-6-5-7-15(17)13(2)3/h13-15,19H,4-12,18H2,1-3H3. The van der Waals surface area contributed by atoms with Gasteiger partial charge in [-0.15, -0.1) is 0 Å². The minimum Gasteiger partial charge on any atom is -0.389 e. The second-order valence-electron chi connectivity index (χ2n) is 7.52. The monoisotopic (exact) mass is 267 g/mol. The Morgan fingerprint density at radius 1 is 1.21 bits per heavy atom. The van der Waals surface area contributed by atoms with Crippen molar-refractivity contribution in [2.75, 3.05) is 6.54 Å². The Labute approximate surface area is 119 Å². The van der Waals surface area contributed by atoms with E-state index in [1.54, 1.807) is 0 Å². The molecule has 4 unspecified atom stereocenters. The maximum atomic E-state index is 11.6. The van der Waals surface area contributed by atoms with Crippen LogP contribution in [0.5, 0.6) is 0 Å². The molecule has 0 saturated heterocycles. The van der Waals surface area contributed by atoms with Crippen LogP contribution >= 0.6 is 0 Å². The molecule has 2 saturated carbocycles. The van der Waals surface area contributed by atoms with Crippen molar-refractivity contribution in [3.05, 3.63) is 0 Å². The van der Waals surface area contributed by atoms with Gasteiger partial charge in [-0.2, -0.15) is 0 Å². The first-order valence-electron chi connectivity index (χ1n) is 8.41. The second-order valence-corrected chi connectivity index (χ2v) is 7.52. The molecule has 19 heavy (non-hydrogen) atoms. The fraction of sp³-hybridized carbons (Fsp3) is 1.00. The lowest BCUT2D eigenvalue weighted by molar-refractivity contribution is -0.155. The molecule has 0 bridgehead atoms. The summed E-state index contributed by atoms with van der Waals surface area (Å²) in [7, 11) is 0. The van der Waals surface area contributed by atoms with Gasteiger partial charge in [0, 0.05) is 12.0 Å². The zero-order valence-electron chi connectivity index (χ0n) is 13.1. The fourth-order valence-corrected chi connectivity index (χ4v) is 5.07. The maximum Gasteiger partial charge on any atom is 0.0746 e. The van der Waals surface area contributed by atoms with Crippen LogP contribution in [0.3, 0.4) is 0 Å². The molecular weight excluding hydrogens is 234 g/mol. The predicted molar refractivity (Wildman–Crippen MR) is 80.9 cm³/mol. The molecule has 2 aliphatic rings. The number of aliphatic hydroxyl groups is 1. The van der Waals surface area contributed by atoms with Gasteiger partial charge < -0.3 is 10.8 Å². The third kappa shape index (κ3) is 2.47. The van der Waals surface area contributed by atoms with Gasteiger partial charge in [0.05, 0.1) is 5.60 Å². The summed E-state index contributed by atoms with van der Waals surface area (Å²) in [4.78, 5) is 0. The van der Waals surface area contributed by atoms with E-state index >= 15 is 0 Å². The first-order chi connectivity index (χ1) is 8.99. The largest absolute Gasteiger partial charge is 0.389 e. The SMILES string of the molecule is CCC1CCC(CN)(C2(O)CCCCC2C(C)C)C1. The molecule has 4 atom stereocenters. The summed E-state index contributed by atoms with van der Waals surface area (Å²) in [6.07, 6.45) is 9.42. The molecule has 2 rings (SSSR count). The second kappa shape index (κ2) is 5.73. The lowest BCUT2D eigenvalue weighted by Crippen LogP contribution is -2.58. The summed E-state index contributed by atoms with van der Waals surface area (Å²) in [5, 5.41) is 11.6. The zero-order valence-corrected chi connectivity index (χ0v) is 13.1. The van der Waals surface area contributed by atoms with Crippen molar-refractivity contribution in [2.24, 2.45) is 28.9 Å². The Hall–Kier alpha value is -0.0800. The Morgan fingerprint density at radius 3 is 2.47 bits per heavy atom. The minimum atomic E-state index is -0.502. The Kier molecular flexibility index (Phi) is 4.62. The van der Waals surface area contributed by atoms with E-state index in [9.17, 15) is 5.11 Å². The molecule has 112 valence electrons. The molecule has 3 N–H and O–H groups in total. The van der Waals surface area contributed by atoms with Crippen molar-refractivity contribution in [2.45, 2.75) is 77.7 Å². The molecule has 0 heterocycles. The normalized spacial score (nSPS) is 43.9. The molecule has 2 fully saturated rings. The quantitative estimate of drug-likeness (QED) is 0.815. The van der Waals surface area contributed by atoms with E-state index in [1.165, 1.54) is 32.1 Å². The molecule has 0 radical (unpaired) electrons. The summed E-state index contributed by atoms with van der Waals surface area (Å²) in [5.41, 5.74) is 5.71. The van der Waals surface area contributed by atoms with Gasteiger partial charge in [0.1, 0.15) is 0 Å². The fourth-order valence-electron chi connectivity index (χ4n) is 5.07. The van der Waals surface area contributed by atoms with Gasteiger partial charge in [0.2, 0.25) is 0 Å². The zero-order chi connectivity index (χ0) is 14.1. The number of hydrogen-bond donors (Lipinski definition) is 2. The predicted octanol–water partition coefficient (Wildman–Crippen LogP) is 3.72. The van der Waals surface area contributed by atoms with Gasteiger partial charge >= 0.3 is 0 Å². The van der Waals surface area contributed by atoms with E-state index in [-0.39, 0.29) is 5.41 Å². The highest BCUT2D eigenvalue weighted by atomic mass is 16.3. The van der Waals surface area contributed by atoms with Crippen molar-refractivity contribution >= 4 is 0 Å². The van der Waals surface area contributed by atoms with Crippen LogP contribution in [0.2, 0.25) is 0 Å². The van der Waals surface area contributed by atoms with Gasteiger partial charge in [-0.1, -0.05) is 40.0 Å². The summed E-state index contributed by atoms with van der Waals surface area (Å²) in [6.45, 7) is 7.50. The topological polar surface area (TPSA) is 46.2 Å². The maximum absolute atomic E-state index is 11.6. The highest BCUT2D eigenvalue weighted by molar-refractivity contribution is 5.08. The molecule has 2 nitrogen and oxygen atoms in total. The van der Waals surface area contributed by atoms with Crippen LogP contribution in [0.1, 0.15) is 72.1 Å². The third-order valence-electron chi connectivity index (χ3n) is 6.34. The molecule has 0 spiro atoms. The van der Waals surface area contributed by atoms with E-state index in [0.29, 0.717) is 18.4 Å². The average Bonchev–Trinajstić information content (AvgIpc) is 2.84. The van der Waals surface area contributed by atoms with Crippen LogP contribution in [-0.2, 0) is 0 Å². The third-order valence-corrected chi connectivity index (χ3v) is 6.34. The lowest BCUT2D eigenvalue weighted by Gasteiger charge is -2.53. The average molecular weight is 267 g/mol. The molecule has 2 heteroatoms. The summed E-state index contributed by atoms with van der Waals surface area (Å²) in [6, 6.07) is 0. The van der Waals surface area contributed by atoms with Gasteiger partial charge in [-0.25, -0.2) is 0 Å². The van der Waals surface area contributed by atoms with E-state index in [0.717, 1.165) is 25.2 Å². The first-order valence-corrected chi connectivity index (χ1v) is 8.41. The molecule has 0 aromatic rings. The molecule has 2 aliphatic carbocycles. The number of rotatable bonds is 4. The van der Waals surface area contributed by atoms with Crippen molar-refractivity contribution in [1.29, 1.82) is 0 Å². The van der Waals surface area contributed by atoms with Gasteiger partial charge in [-0.05, 0) is 49.9 Å². The van der Waals surface area contributed by atoms with Crippen LogP contribution in [0, 0.1) is 23.2 Å². The van der Waals surface area contributed by atoms with Crippen LogP contribution < -0.4 is 5.73 Å². The van der Waals surface area contributed by atoms with E-state index in [1.807, 2.05) is 0 Å². The Morgan fingerprint density at radius 2 is 1.95 bits per heavy atom. The summed E-state index contributed by atoms with van der Waals surface area (Å²) >= 11 is 0. The highest BCUT2D eigenvalue weighted by Gasteiger charge is 2.57. The Bertz CT molecular complexity index is 304. The summed E-state index contributed by atoms with van der Waals surface area (Å²) < 4.78 is 0. The highest BCUT2D eigenvalue weighted by Crippen LogP contribution is 2.57. The van der Waals surface area contributed by atoms with Gasteiger partial charge in [0.15, 0.2) is 0 Å². The molecule has 0 aromatic heterocycles. The first kappa shape index (κ1) is 15.3. The number of hydrogen-bond acceptors (Lipinski definition) is 2. The summed E-state index contributed by atoms with van der Waals surface area (Å²) in [5.74, 6) is 1.79. The lowest BCUT2D eigenvalue weighted by atomic mass is 9.56. The Balaban J connectivity index is 2.28. The van der Waals surface area contributed by atoms with Gasteiger partial charge in [-0.3, -0.25) is 0 Å². The molecule has 0 aliphatic heterocycles. The van der Waals surface area contributed by atoms with Crippen molar-refractivity contribution in [3.63, 3.8) is 0 Å². The van der Waals surface area contributed by atoms with Crippen LogP contribution in [0.15, 0.2) is 0 Å². The minimum absolute atomic E-state index is 0.00301. The van der Waals surface area contributed by atoms with E-state index < -0.39 is 5.60 Å². The molecule has 0 amide bonds. The van der Waals surface area contributed by atoms with Crippen LogP contribution in [0.25, 0.3) is 0 Å². The van der Waals surface area contributed by atoms with Crippen molar-refractivity contribution in [1.82, 2.24) is 0 Å². The van der Waals surface area contributed by atoms with Crippen LogP contribution in [0.4, 0.5) is 0 Å². The van der Waals surface area contributed by atoms with E-state index in [2.05, 4.69) is 20.8 Å². The van der Waals surface area contributed by atoms with Gasteiger partial charge in [0.25, 0.3) is 0 Å². The smallest absolute Gasteiger partial charge is 0.0746 e. The number of nitrogens with two attached hydrogens (primary N) is 1. The van der Waals surface area contributed by atoms with Crippen LogP contribution in [-0.4, -0.2) is 17.3 Å². The molecule has 0 aromatic carbocycles. The van der Waals surface area contributed by atoms with Crippen molar-refractivity contribution < 1.29 is 5.11 Å². The molecular formula is C17H33NO. The van der Waals surface area contributed by atoms with Crippen molar-refractivity contribution in [3.8, 4) is 0 Å². The van der Waals surface area contributed by atoms with E-state index in [4.69, 9.17) is 5.73 Å².